The maximum Gasteiger partial charge on any atom is 0.191 e. The van der Waals surface area contributed by atoms with E-state index in [9.17, 15) is 0 Å². The van der Waals surface area contributed by atoms with Crippen LogP contribution in [0.3, 0.4) is 0 Å². The Hall–Kier alpha value is -1.14. The van der Waals surface area contributed by atoms with Gasteiger partial charge in [0.25, 0.3) is 0 Å². The minimum atomic E-state index is 0.146. The smallest absolute Gasteiger partial charge is 0.191 e. The molecule has 0 radical (unpaired) electrons. The minimum Gasteiger partial charge on any atom is -0.357 e. The lowest BCUT2D eigenvalue weighted by Gasteiger charge is -2.21. The number of aromatic nitrogens is 1. The van der Waals surface area contributed by atoms with Crippen molar-refractivity contribution in [2.75, 3.05) is 19.6 Å². The summed E-state index contributed by atoms with van der Waals surface area (Å²) in [5.41, 5.74) is 1.25. The molecule has 5 nitrogen and oxygen atoms in total. The summed E-state index contributed by atoms with van der Waals surface area (Å²) in [6, 6.07) is 0. The first kappa shape index (κ1) is 17.9. The lowest BCUT2D eigenvalue weighted by molar-refractivity contribution is 0.428. The van der Waals surface area contributed by atoms with Crippen LogP contribution in [-0.4, -0.2) is 36.1 Å². The van der Waals surface area contributed by atoms with Crippen molar-refractivity contribution >= 4 is 17.3 Å². The lowest BCUT2D eigenvalue weighted by Crippen LogP contribution is -2.44. The van der Waals surface area contributed by atoms with Gasteiger partial charge in [0, 0.05) is 30.1 Å². The number of thiazole rings is 1. The van der Waals surface area contributed by atoms with Crippen molar-refractivity contribution in [3.05, 3.63) is 15.6 Å². The predicted molar refractivity (Wildman–Crippen MR) is 92.2 cm³/mol. The second-order valence-electron chi connectivity index (χ2n) is 6.05. The summed E-state index contributed by atoms with van der Waals surface area (Å²) in [6.07, 6.45) is 0. The summed E-state index contributed by atoms with van der Waals surface area (Å²) < 4.78 is 0. The van der Waals surface area contributed by atoms with Crippen molar-refractivity contribution < 1.29 is 0 Å². The van der Waals surface area contributed by atoms with Gasteiger partial charge in [-0.05, 0) is 41.5 Å². The molecular weight excluding hydrogens is 282 g/mol. The molecule has 0 amide bonds. The summed E-state index contributed by atoms with van der Waals surface area (Å²) in [5, 5.41) is 11.1. The van der Waals surface area contributed by atoms with Gasteiger partial charge in [0.1, 0.15) is 5.01 Å². The molecule has 1 aromatic heterocycles. The van der Waals surface area contributed by atoms with Crippen LogP contribution < -0.4 is 16.0 Å². The maximum absolute atomic E-state index is 4.59. The van der Waals surface area contributed by atoms with Crippen molar-refractivity contribution in [2.45, 2.75) is 53.6 Å². The first-order chi connectivity index (χ1) is 9.81. The van der Waals surface area contributed by atoms with Crippen molar-refractivity contribution in [2.24, 2.45) is 4.99 Å². The van der Waals surface area contributed by atoms with Crippen molar-refractivity contribution in [3.63, 3.8) is 0 Å². The molecule has 0 aliphatic rings. The van der Waals surface area contributed by atoms with E-state index < -0.39 is 0 Å². The molecule has 0 aliphatic heterocycles. The van der Waals surface area contributed by atoms with Gasteiger partial charge in [0.15, 0.2) is 5.96 Å². The highest BCUT2D eigenvalue weighted by molar-refractivity contribution is 7.11. The fraction of sp³-hybridized carbons (Fsp3) is 0.733. The number of nitrogens with zero attached hydrogens (tertiary/aromatic N) is 2. The lowest BCUT2D eigenvalue weighted by atomic mass is 10.1. The molecule has 1 rings (SSSR count). The fourth-order valence-corrected chi connectivity index (χ4v) is 2.57. The van der Waals surface area contributed by atoms with Crippen LogP contribution in [0.25, 0.3) is 0 Å². The predicted octanol–water partition coefficient (Wildman–Crippen LogP) is 2.20. The van der Waals surface area contributed by atoms with Gasteiger partial charge >= 0.3 is 0 Å². The largest absolute Gasteiger partial charge is 0.357 e. The van der Waals surface area contributed by atoms with Gasteiger partial charge in [-0.2, -0.15) is 0 Å². The summed E-state index contributed by atoms with van der Waals surface area (Å²) in [5.74, 6) is 0.846. The molecular formula is C15H29N5S. The zero-order valence-electron chi connectivity index (χ0n) is 14.1. The maximum atomic E-state index is 4.59. The second kappa shape index (κ2) is 8.34. The van der Waals surface area contributed by atoms with Crippen molar-refractivity contribution in [1.29, 1.82) is 0 Å². The van der Waals surface area contributed by atoms with E-state index in [1.54, 1.807) is 11.3 Å². The van der Waals surface area contributed by atoms with Gasteiger partial charge in [0.2, 0.25) is 0 Å². The van der Waals surface area contributed by atoms with E-state index in [1.807, 2.05) is 6.92 Å². The molecule has 120 valence electrons. The van der Waals surface area contributed by atoms with Crippen LogP contribution in [0.1, 0.15) is 43.3 Å². The second-order valence-corrected chi connectivity index (χ2v) is 7.34. The zero-order chi connectivity index (χ0) is 15.9. The Balaban J connectivity index is 2.46. The molecule has 0 aromatic carbocycles. The highest BCUT2D eigenvalue weighted by Gasteiger charge is 2.07. The number of nitrogens with one attached hydrogen (secondary N) is 3. The van der Waals surface area contributed by atoms with Crippen molar-refractivity contribution in [1.82, 2.24) is 20.9 Å². The molecule has 0 aliphatic carbocycles. The van der Waals surface area contributed by atoms with E-state index in [-0.39, 0.29) is 5.54 Å². The van der Waals surface area contributed by atoms with Gasteiger partial charge in [-0.3, -0.25) is 0 Å². The number of aliphatic imine (C=N–C) groups is 1. The highest BCUT2D eigenvalue weighted by Crippen LogP contribution is 2.16. The van der Waals surface area contributed by atoms with E-state index in [0.29, 0.717) is 6.54 Å². The Bertz CT molecular complexity index is 440. The van der Waals surface area contributed by atoms with Gasteiger partial charge in [0.05, 0.1) is 12.2 Å². The minimum absolute atomic E-state index is 0.146. The van der Waals surface area contributed by atoms with Gasteiger partial charge < -0.3 is 16.0 Å². The van der Waals surface area contributed by atoms with Gasteiger partial charge in [-0.15, -0.1) is 11.3 Å². The number of hydrogen-bond donors (Lipinski definition) is 3. The van der Waals surface area contributed by atoms with E-state index in [0.717, 1.165) is 36.3 Å². The first-order valence-electron chi connectivity index (χ1n) is 7.52. The summed E-state index contributed by atoms with van der Waals surface area (Å²) >= 11 is 1.72. The third-order valence-electron chi connectivity index (χ3n) is 2.86. The molecule has 0 saturated heterocycles. The average molecular weight is 311 g/mol. The molecule has 0 unspecified atom stereocenters. The number of guanidine groups is 1. The zero-order valence-corrected chi connectivity index (χ0v) is 14.9. The van der Waals surface area contributed by atoms with Crippen molar-refractivity contribution in [3.8, 4) is 0 Å². The Morgan fingerprint density at radius 1 is 1.19 bits per heavy atom. The topological polar surface area (TPSA) is 61.3 Å². The molecule has 0 fully saturated rings. The van der Waals surface area contributed by atoms with Crippen LogP contribution in [0, 0.1) is 13.8 Å². The van der Waals surface area contributed by atoms with Crippen LogP contribution in [0.4, 0.5) is 0 Å². The average Bonchev–Trinajstić information content (AvgIpc) is 2.70. The third kappa shape index (κ3) is 7.43. The normalized spacial score (nSPS) is 12.6. The number of rotatable bonds is 6. The van der Waals surface area contributed by atoms with Crippen LogP contribution in [0.5, 0.6) is 0 Å². The monoisotopic (exact) mass is 311 g/mol. The Morgan fingerprint density at radius 2 is 1.90 bits per heavy atom. The quantitative estimate of drug-likeness (QED) is 0.428. The molecule has 21 heavy (non-hydrogen) atoms. The summed E-state index contributed by atoms with van der Waals surface area (Å²) in [4.78, 5) is 10.4. The molecule has 0 spiro atoms. The van der Waals surface area contributed by atoms with E-state index in [4.69, 9.17) is 0 Å². The standard InChI is InChI=1S/C15H29N5S/c1-7-16-14(17-8-9-19-15(4,5)6)18-10-13-20-11(2)12(3)21-13/h19H,7-10H2,1-6H3,(H2,16,17,18). The van der Waals surface area contributed by atoms with Crippen LogP contribution in [-0.2, 0) is 6.54 Å². The molecule has 0 atom stereocenters. The Labute approximate surface area is 132 Å². The number of aryl methyl sites for hydroxylation is 2. The Kier molecular flexibility index (Phi) is 7.11. The third-order valence-corrected chi connectivity index (χ3v) is 3.92. The SMILES string of the molecule is CCNC(=NCc1nc(C)c(C)s1)NCCNC(C)(C)C. The molecule has 1 aromatic rings. The van der Waals surface area contributed by atoms with Crippen LogP contribution in [0.15, 0.2) is 4.99 Å². The summed E-state index contributed by atoms with van der Waals surface area (Å²) in [6.45, 7) is 15.9. The molecule has 3 N–H and O–H groups in total. The van der Waals surface area contributed by atoms with E-state index in [2.05, 4.69) is 60.5 Å². The number of hydrogen-bond acceptors (Lipinski definition) is 4. The van der Waals surface area contributed by atoms with E-state index >= 15 is 0 Å². The van der Waals surface area contributed by atoms with Crippen LogP contribution >= 0.6 is 11.3 Å². The van der Waals surface area contributed by atoms with Crippen LogP contribution in [0.2, 0.25) is 0 Å². The molecule has 0 saturated carbocycles. The first-order valence-corrected chi connectivity index (χ1v) is 8.33. The molecule has 1 heterocycles. The summed E-state index contributed by atoms with van der Waals surface area (Å²) in [7, 11) is 0. The molecule has 6 heteroatoms. The Morgan fingerprint density at radius 3 is 2.43 bits per heavy atom. The van der Waals surface area contributed by atoms with Gasteiger partial charge in [-0.1, -0.05) is 0 Å². The fourth-order valence-electron chi connectivity index (χ4n) is 1.71. The highest BCUT2D eigenvalue weighted by atomic mass is 32.1. The molecule has 0 bridgehead atoms. The van der Waals surface area contributed by atoms with E-state index in [1.165, 1.54) is 4.88 Å². The van der Waals surface area contributed by atoms with Gasteiger partial charge in [-0.25, -0.2) is 9.98 Å².